The molecule has 2 aromatic rings. The van der Waals surface area contributed by atoms with Gasteiger partial charge in [0.05, 0.1) is 13.1 Å². The minimum atomic E-state index is -0.116. The molecule has 0 aliphatic carbocycles. The number of para-hydroxylation sites is 2. The van der Waals surface area contributed by atoms with Crippen LogP contribution in [0.3, 0.4) is 0 Å². The molecule has 2 rings (SSSR count). The van der Waals surface area contributed by atoms with Crippen molar-refractivity contribution in [2.45, 2.75) is 121 Å². The lowest BCUT2D eigenvalue weighted by Crippen LogP contribution is -2.31. The topological polar surface area (TPSA) is 48.8 Å². The van der Waals surface area contributed by atoms with Crippen LogP contribution in [0.4, 0.5) is 11.4 Å². The van der Waals surface area contributed by atoms with Gasteiger partial charge in [-0.2, -0.15) is 0 Å². The van der Waals surface area contributed by atoms with Crippen LogP contribution in [-0.2, 0) is 0 Å². The van der Waals surface area contributed by atoms with E-state index in [1.807, 2.05) is 0 Å². The Bertz CT molecular complexity index is 1020. The van der Waals surface area contributed by atoms with Crippen LogP contribution in [0.15, 0.2) is 46.4 Å². The number of hydrogen-bond acceptors (Lipinski definition) is 2. The second-order valence-electron chi connectivity index (χ2n) is 14.5. The molecule has 0 spiro atoms. The zero-order valence-electron chi connectivity index (χ0n) is 28.1. The zero-order valence-corrected chi connectivity index (χ0v) is 28.1. The number of aliphatic imine (C=N–C) groups is 2. The predicted molar refractivity (Wildman–Crippen MR) is 180 cm³/mol. The number of nitrogens with one attached hydrogen (secondary N) is 2. The lowest BCUT2D eigenvalue weighted by molar-refractivity contribution is 0.582. The first-order valence-corrected chi connectivity index (χ1v) is 15.3. The van der Waals surface area contributed by atoms with Crippen LogP contribution in [0.2, 0.25) is 0 Å². The Morgan fingerprint density at radius 2 is 0.775 bits per heavy atom. The van der Waals surface area contributed by atoms with Crippen molar-refractivity contribution in [3.05, 3.63) is 58.7 Å². The second-order valence-corrected chi connectivity index (χ2v) is 14.5. The molecule has 0 atom stereocenters. The van der Waals surface area contributed by atoms with Crippen molar-refractivity contribution in [1.29, 1.82) is 0 Å². The molecule has 4 nitrogen and oxygen atoms in total. The Hall–Kier alpha value is -2.62. The van der Waals surface area contributed by atoms with Gasteiger partial charge in [0.15, 0.2) is 0 Å². The molecule has 0 saturated carbocycles. The summed E-state index contributed by atoms with van der Waals surface area (Å²) in [4.78, 5) is 10.2. The van der Waals surface area contributed by atoms with Gasteiger partial charge < -0.3 is 10.6 Å². The zero-order chi connectivity index (χ0) is 30.4. The van der Waals surface area contributed by atoms with Crippen LogP contribution >= 0.6 is 0 Å². The standard InChI is InChI=1S/C36H58N4/c1-23(2)27-17-15-18-28(24(3)4)31(27)39-33(35(9,10)11)37-21-22-38-34(36(12,13)14)40-32-29(25(5)6)19-16-20-30(32)26(7)8/h15-20,23-26H,21-22H2,1-14H3,(H,37,39)(H,38,40). The SMILES string of the molecule is CC(C)c1cccc(C(C)C)c1NC(=NCCN=C(Nc1c(C(C)C)cccc1C(C)C)C(C)(C)C)C(C)(C)C. The molecule has 0 amide bonds. The molecule has 0 unspecified atom stereocenters. The average Bonchev–Trinajstić information content (AvgIpc) is 2.83. The van der Waals surface area contributed by atoms with E-state index in [2.05, 4.69) is 144 Å². The molecular formula is C36H58N4. The van der Waals surface area contributed by atoms with Gasteiger partial charge in [-0.25, -0.2) is 0 Å². The van der Waals surface area contributed by atoms with E-state index in [9.17, 15) is 0 Å². The van der Waals surface area contributed by atoms with Gasteiger partial charge in [-0.1, -0.05) is 133 Å². The summed E-state index contributed by atoms with van der Waals surface area (Å²) < 4.78 is 0. The molecule has 2 aromatic carbocycles. The third-order valence-electron chi connectivity index (χ3n) is 7.29. The van der Waals surface area contributed by atoms with E-state index in [0.717, 1.165) is 11.7 Å². The van der Waals surface area contributed by atoms with E-state index in [-0.39, 0.29) is 10.8 Å². The molecule has 0 aliphatic rings. The molecule has 4 heteroatoms. The summed E-state index contributed by atoms with van der Waals surface area (Å²) in [5, 5.41) is 7.61. The van der Waals surface area contributed by atoms with Gasteiger partial charge in [-0.15, -0.1) is 0 Å². The van der Waals surface area contributed by atoms with E-state index in [1.54, 1.807) is 0 Å². The van der Waals surface area contributed by atoms with Crippen molar-refractivity contribution in [3.63, 3.8) is 0 Å². The molecule has 0 aromatic heterocycles. The van der Waals surface area contributed by atoms with Crippen LogP contribution in [-0.4, -0.2) is 24.8 Å². The van der Waals surface area contributed by atoms with Crippen molar-refractivity contribution in [2.24, 2.45) is 20.8 Å². The minimum Gasteiger partial charge on any atom is -0.343 e. The predicted octanol–water partition coefficient (Wildman–Crippen LogP) is 10.6. The third kappa shape index (κ3) is 8.94. The fourth-order valence-corrected chi connectivity index (χ4v) is 4.88. The van der Waals surface area contributed by atoms with Crippen molar-refractivity contribution in [3.8, 4) is 0 Å². The Kier molecular flexibility index (Phi) is 11.6. The number of anilines is 2. The monoisotopic (exact) mass is 546 g/mol. The molecule has 0 saturated heterocycles. The van der Waals surface area contributed by atoms with Gasteiger partial charge in [0.1, 0.15) is 11.7 Å². The van der Waals surface area contributed by atoms with Gasteiger partial charge in [0, 0.05) is 22.2 Å². The molecule has 0 radical (unpaired) electrons. The summed E-state index contributed by atoms with van der Waals surface area (Å²) in [6.45, 7) is 32.7. The number of amidine groups is 2. The van der Waals surface area contributed by atoms with E-state index in [4.69, 9.17) is 9.98 Å². The highest BCUT2D eigenvalue weighted by Gasteiger charge is 2.24. The number of rotatable bonds is 9. The first kappa shape index (κ1) is 33.6. The fourth-order valence-electron chi connectivity index (χ4n) is 4.88. The summed E-state index contributed by atoms with van der Waals surface area (Å²) in [7, 11) is 0. The average molecular weight is 547 g/mol. The van der Waals surface area contributed by atoms with Gasteiger partial charge in [0.2, 0.25) is 0 Å². The van der Waals surface area contributed by atoms with Crippen molar-refractivity contribution >= 4 is 23.0 Å². The Morgan fingerprint density at radius 3 is 0.975 bits per heavy atom. The fraction of sp³-hybridized carbons (Fsp3) is 0.611. The third-order valence-corrected chi connectivity index (χ3v) is 7.29. The van der Waals surface area contributed by atoms with Crippen LogP contribution in [0.1, 0.15) is 143 Å². The smallest absolute Gasteiger partial charge is 0.106 e. The van der Waals surface area contributed by atoms with E-state index in [0.29, 0.717) is 36.8 Å². The number of nitrogens with zero attached hydrogens (tertiary/aromatic N) is 2. The Balaban J connectivity index is 2.42. The highest BCUT2D eigenvalue weighted by molar-refractivity contribution is 6.01. The van der Waals surface area contributed by atoms with E-state index >= 15 is 0 Å². The second kappa shape index (κ2) is 13.8. The lowest BCUT2D eigenvalue weighted by Gasteiger charge is -2.28. The molecule has 0 aliphatic heterocycles. The van der Waals surface area contributed by atoms with Gasteiger partial charge >= 0.3 is 0 Å². The van der Waals surface area contributed by atoms with E-state index < -0.39 is 0 Å². The maximum Gasteiger partial charge on any atom is 0.106 e. The maximum atomic E-state index is 5.11. The Labute approximate surface area is 246 Å². The van der Waals surface area contributed by atoms with Crippen molar-refractivity contribution < 1.29 is 0 Å². The molecule has 0 heterocycles. The largest absolute Gasteiger partial charge is 0.343 e. The summed E-state index contributed by atoms with van der Waals surface area (Å²) >= 11 is 0. The van der Waals surface area contributed by atoms with Gasteiger partial charge in [0.25, 0.3) is 0 Å². The van der Waals surface area contributed by atoms with Crippen LogP contribution in [0.25, 0.3) is 0 Å². The summed E-state index contributed by atoms with van der Waals surface area (Å²) in [5.74, 6) is 3.73. The van der Waals surface area contributed by atoms with Crippen LogP contribution in [0, 0.1) is 10.8 Å². The first-order chi connectivity index (χ1) is 18.4. The molecule has 222 valence electrons. The highest BCUT2D eigenvalue weighted by Crippen LogP contribution is 2.35. The normalized spacial score (nSPS) is 13.7. The summed E-state index contributed by atoms with van der Waals surface area (Å²) in [5.41, 5.74) is 7.55. The molecule has 2 N–H and O–H groups in total. The highest BCUT2D eigenvalue weighted by atomic mass is 15.1. The summed E-state index contributed by atoms with van der Waals surface area (Å²) in [6.07, 6.45) is 0. The van der Waals surface area contributed by atoms with E-state index in [1.165, 1.54) is 33.6 Å². The number of hydrogen-bond donors (Lipinski definition) is 2. The lowest BCUT2D eigenvalue weighted by atomic mass is 9.90. The van der Waals surface area contributed by atoms with Gasteiger partial charge in [-0.05, 0) is 45.9 Å². The minimum absolute atomic E-state index is 0.116. The summed E-state index contributed by atoms with van der Waals surface area (Å²) in [6, 6.07) is 13.3. The van der Waals surface area contributed by atoms with Gasteiger partial charge in [-0.3, -0.25) is 9.98 Å². The molecular weight excluding hydrogens is 488 g/mol. The molecule has 0 bridgehead atoms. The van der Waals surface area contributed by atoms with Crippen molar-refractivity contribution in [2.75, 3.05) is 23.7 Å². The maximum absolute atomic E-state index is 5.11. The molecule has 40 heavy (non-hydrogen) atoms. The Morgan fingerprint density at radius 1 is 0.525 bits per heavy atom. The van der Waals surface area contributed by atoms with Crippen molar-refractivity contribution in [1.82, 2.24) is 0 Å². The van der Waals surface area contributed by atoms with Crippen LogP contribution in [0.5, 0.6) is 0 Å². The van der Waals surface area contributed by atoms with Crippen LogP contribution < -0.4 is 10.6 Å². The quantitative estimate of drug-likeness (QED) is 0.187. The number of benzene rings is 2. The first-order valence-electron chi connectivity index (χ1n) is 15.3. The molecule has 0 fully saturated rings.